The van der Waals surface area contributed by atoms with Gasteiger partial charge in [0.15, 0.2) is 0 Å². The Bertz CT molecular complexity index is 294. The third-order valence-corrected chi connectivity index (χ3v) is 2.30. The molecular formula is C10H12O2. The highest BCUT2D eigenvalue weighted by atomic mass is 16.5. The van der Waals surface area contributed by atoms with Crippen LogP contribution < -0.4 is 4.74 Å². The molecule has 0 aliphatic carbocycles. The van der Waals surface area contributed by atoms with E-state index in [0.29, 0.717) is 0 Å². The molecule has 1 aromatic rings. The molecular weight excluding hydrogens is 152 g/mol. The maximum Gasteiger partial charge on any atom is 0.126 e. The SMILES string of the molecule is Cc1cccc2c1C[C@@H](CO)O2. The van der Waals surface area contributed by atoms with Crippen LogP contribution in [-0.2, 0) is 6.42 Å². The van der Waals surface area contributed by atoms with Gasteiger partial charge in [-0.3, -0.25) is 0 Å². The second kappa shape index (κ2) is 2.79. The molecule has 1 aliphatic heterocycles. The van der Waals surface area contributed by atoms with Crippen molar-refractivity contribution in [1.82, 2.24) is 0 Å². The number of hydrogen-bond donors (Lipinski definition) is 1. The van der Waals surface area contributed by atoms with Gasteiger partial charge in [0.1, 0.15) is 11.9 Å². The van der Waals surface area contributed by atoms with Gasteiger partial charge in [0.2, 0.25) is 0 Å². The molecule has 1 heterocycles. The van der Waals surface area contributed by atoms with Crippen molar-refractivity contribution in [3.05, 3.63) is 29.3 Å². The first-order chi connectivity index (χ1) is 5.81. The zero-order valence-electron chi connectivity index (χ0n) is 7.08. The molecule has 0 aromatic heterocycles. The Hall–Kier alpha value is -1.02. The Morgan fingerprint density at radius 3 is 3.08 bits per heavy atom. The summed E-state index contributed by atoms with van der Waals surface area (Å²) in [6.45, 7) is 2.18. The topological polar surface area (TPSA) is 29.5 Å². The molecule has 0 bridgehead atoms. The van der Waals surface area contributed by atoms with Gasteiger partial charge in [0, 0.05) is 12.0 Å². The standard InChI is InChI=1S/C10H12O2/c1-7-3-2-4-10-9(7)5-8(6-11)12-10/h2-4,8,11H,5-6H2,1H3/t8-/m0/s1. The number of rotatable bonds is 1. The average molecular weight is 164 g/mol. The lowest BCUT2D eigenvalue weighted by Gasteiger charge is -2.04. The van der Waals surface area contributed by atoms with Crippen molar-refractivity contribution in [3.63, 3.8) is 0 Å². The van der Waals surface area contributed by atoms with E-state index in [1.807, 2.05) is 12.1 Å². The molecule has 1 aliphatic rings. The third-order valence-electron chi connectivity index (χ3n) is 2.30. The van der Waals surface area contributed by atoms with E-state index >= 15 is 0 Å². The monoisotopic (exact) mass is 164 g/mol. The van der Waals surface area contributed by atoms with Gasteiger partial charge in [-0.2, -0.15) is 0 Å². The highest BCUT2D eigenvalue weighted by molar-refractivity contribution is 5.42. The van der Waals surface area contributed by atoms with E-state index in [0.717, 1.165) is 12.2 Å². The summed E-state index contributed by atoms with van der Waals surface area (Å²) in [7, 11) is 0. The maximum absolute atomic E-state index is 8.90. The van der Waals surface area contributed by atoms with Gasteiger partial charge in [-0.05, 0) is 18.6 Å². The van der Waals surface area contributed by atoms with Crippen molar-refractivity contribution in [3.8, 4) is 5.75 Å². The highest BCUT2D eigenvalue weighted by Crippen LogP contribution is 2.30. The van der Waals surface area contributed by atoms with Crippen molar-refractivity contribution in [1.29, 1.82) is 0 Å². The van der Waals surface area contributed by atoms with Gasteiger partial charge >= 0.3 is 0 Å². The first kappa shape index (κ1) is 7.62. The van der Waals surface area contributed by atoms with Crippen molar-refractivity contribution >= 4 is 0 Å². The Morgan fingerprint density at radius 1 is 1.58 bits per heavy atom. The fourth-order valence-electron chi connectivity index (χ4n) is 1.60. The van der Waals surface area contributed by atoms with Crippen molar-refractivity contribution in [2.45, 2.75) is 19.4 Å². The second-order valence-electron chi connectivity index (χ2n) is 3.18. The van der Waals surface area contributed by atoms with E-state index in [4.69, 9.17) is 9.84 Å². The second-order valence-corrected chi connectivity index (χ2v) is 3.18. The molecule has 0 spiro atoms. The van der Waals surface area contributed by atoms with E-state index in [1.54, 1.807) is 0 Å². The van der Waals surface area contributed by atoms with Crippen LogP contribution in [-0.4, -0.2) is 17.8 Å². The summed E-state index contributed by atoms with van der Waals surface area (Å²) in [6, 6.07) is 6.01. The highest BCUT2D eigenvalue weighted by Gasteiger charge is 2.22. The van der Waals surface area contributed by atoms with E-state index in [-0.39, 0.29) is 12.7 Å². The van der Waals surface area contributed by atoms with Crippen LogP contribution in [0, 0.1) is 6.92 Å². The van der Waals surface area contributed by atoms with Gasteiger partial charge in [-0.15, -0.1) is 0 Å². The summed E-state index contributed by atoms with van der Waals surface area (Å²) in [5.74, 6) is 0.939. The van der Waals surface area contributed by atoms with Crippen LogP contribution in [0.5, 0.6) is 5.75 Å². The first-order valence-electron chi connectivity index (χ1n) is 4.17. The normalized spacial score (nSPS) is 20.3. The van der Waals surface area contributed by atoms with Crippen molar-refractivity contribution < 1.29 is 9.84 Å². The zero-order chi connectivity index (χ0) is 8.55. The first-order valence-corrected chi connectivity index (χ1v) is 4.17. The van der Waals surface area contributed by atoms with Crippen LogP contribution in [0.2, 0.25) is 0 Å². The lowest BCUT2D eigenvalue weighted by atomic mass is 10.0. The minimum absolute atomic E-state index is 0.0268. The van der Waals surface area contributed by atoms with Crippen LogP contribution in [0.1, 0.15) is 11.1 Å². The molecule has 12 heavy (non-hydrogen) atoms. The van der Waals surface area contributed by atoms with Gasteiger partial charge < -0.3 is 9.84 Å². The molecule has 2 heteroatoms. The van der Waals surface area contributed by atoms with Gasteiger partial charge in [0.25, 0.3) is 0 Å². The number of benzene rings is 1. The molecule has 2 nitrogen and oxygen atoms in total. The Balaban J connectivity index is 2.35. The number of aryl methyl sites for hydroxylation is 1. The molecule has 64 valence electrons. The molecule has 0 radical (unpaired) electrons. The predicted molar refractivity (Wildman–Crippen MR) is 46.4 cm³/mol. The van der Waals surface area contributed by atoms with E-state index < -0.39 is 0 Å². The van der Waals surface area contributed by atoms with E-state index in [2.05, 4.69) is 13.0 Å². The lowest BCUT2D eigenvalue weighted by molar-refractivity contribution is 0.134. The van der Waals surface area contributed by atoms with Crippen molar-refractivity contribution in [2.24, 2.45) is 0 Å². The molecule has 2 rings (SSSR count). The quantitative estimate of drug-likeness (QED) is 0.677. The molecule has 0 saturated carbocycles. The minimum Gasteiger partial charge on any atom is -0.487 e. The Morgan fingerprint density at radius 2 is 2.42 bits per heavy atom. The number of aliphatic hydroxyl groups excluding tert-OH is 1. The molecule has 1 aromatic carbocycles. The minimum atomic E-state index is -0.0268. The molecule has 1 atom stereocenters. The summed E-state index contributed by atoms with van der Waals surface area (Å²) in [4.78, 5) is 0. The van der Waals surface area contributed by atoms with Crippen LogP contribution in [0.15, 0.2) is 18.2 Å². The zero-order valence-corrected chi connectivity index (χ0v) is 7.08. The lowest BCUT2D eigenvalue weighted by Crippen LogP contribution is -2.17. The molecule has 1 N–H and O–H groups in total. The Kier molecular flexibility index (Phi) is 1.77. The number of aliphatic hydroxyl groups is 1. The summed E-state index contributed by atoms with van der Waals surface area (Å²) >= 11 is 0. The molecule has 0 fully saturated rings. The number of fused-ring (bicyclic) bond motifs is 1. The summed E-state index contributed by atoms with van der Waals surface area (Å²) in [6.07, 6.45) is 0.819. The number of ether oxygens (including phenoxy) is 1. The fraction of sp³-hybridized carbons (Fsp3) is 0.400. The molecule has 0 saturated heterocycles. The Labute approximate surface area is 71.8 Å². The average Bonchev–Trinajstić information content (AvgIpc) is 2.49. The van der Waals surface area contributed by atoms with Crippen LogP contribution in [0.25, 0.3) is 0 Å². The van der Waals surface area contributed by atoms with E-state index in [9.17, 15) is 0 Å². The molecule has 0 unspecified atom stereocenters. The van der Waals surface area contributed by atoms with Crippen LogP contribution in [0.3, 0.4) is 0 Å². The number of hydrogen-bond acceptors (Lipinski definition) is 2. The summed E-state index contributed by atoms with van der Waals surface area (Å²) in [5.41, 5.74) is 2.50. The third kappa shape index (κ3) is 1.08. The van der Waals surface area contributed by atoms with Gasteiger partial charge in [-0.25, -0.2) is 0 Å². The van der Waals surface area contributed by atoms with E-state index in [1.165, 1.54) is 11.1 Å². The van der Waals surface area contributed by atoms with Gasteiger partial charge in [-0.1, -0.05) is 12.1 Å². The largest absolute Gasteiger partial charge is 0.487 e. The van der Waals surface area contributed by atoms with Gasteiger partial charge in [0.05, 0.1) is 6.61 Å². The summed E-state index contributed by atoms with van der Waals surface area (Å²) in [5, 5.41) is 8.90. The van der Waals surface area contributed by atoms with Crippen LogP contribution >= 0.6 is 0 Å². The molecule has 0 amide bonds. The maximum atomic E-state index is 8.90. The smallest absolute Gasteiger partial charge is 0.126 e. The van der Waals surface area contributed by atoms with Crippen molar-refractivity contribution in [2.75, 3.05) is 6.61 Å². The predicted octanol–water partition coefficient (Wildman–Crippen LogP) is 1.29. The van der Waals surface area contributed by atoms with Crippen LogP contribution in [0.4, 0.5) is 0 Å². The summed E-state index contributed by atoms with van der Waals surface area (Å²) < 4.78 is 5.49. The fourth-order valence-corrected chi connectivity index (χ4v) is 1.60.